The van der Waals surface area contributed by atoms with Gasteiger partial charge in [0, 0.05) is 6.42 Å². The topological polar surface area (TPSA) is 228 Å². The zero-order chi connectivity index (χ0) is 58.8. The average molecular weight is 1160 g/mol. The Morgan fingerprint density at radius 1 is 0.395 bits per heavy atom. The number of hydrogen-bond donors (Lipinski definition) is 9. The van der Waals surface area contributed by atoms with Gasteiger partial charge in [-0.1, -0.05) is 309 Å². The molecule has 2 aliphatic heterocycles. The molecule has 0 aromatic heterocycles. The molecule has 0 radical (unpaired) electrons. The number of amides is 1. The van der Waals surface area contributed by atoms with Crippen LogP contribution >= 0.6 is 0 Å². The smallest absolute Gasteiger partial charge is 0.220 e. The van der Waals surface area contributed by atoms with Gasteiger partial charge in [-0.05, 0) is 12.8 Å². The summed E-state index contributed by atoms with van der Waals surface area (Å²) in [5.74, 6) is -0.197. The van der Waals surface area contributed by atoms with Crippen LogP contribution < -0.4 is 5.32 Å². The first-order valence-electron chi connectivity index (χ1n) is 34.8. The van der Waals surface area contributed by atoms with Crippen LogP contribution in [0.15, 0.2) is 0 Å². The Bertz CT molecular complexity index is 1360. The lowest BCUT2D eigenvalue weighted by molar-refractivity contribution is -0.359. The number of unbranched alkanes of at least 4 members (excludes halogenated alkanes) is 45. The molecule has 14 nitrogen and oxygen atoms in total. The van der Waals surface area contributed by atoms with Gasteiger partial charge in [-0.3, -0.25) is 4.79 Å². The van der Waals surface area contributed by atoms with E-state index < -0.39 is 86.8 Å². The molecule has 9 N–H and O–H groups in total. The van der Waals surface area contributed by atoms with Crippen LogP contribution in [0.5, 0.6) is 0 Å². The van der Waals surface area contributed by atoms with E-state index in [9.17, 15) is 45.6 Å². The van der Waals surface area contributed by atoms with Crippen LogP contribution in [0.1, 0.15) is 328 Å². The van der Waals surface area contributed by atoms with Crippen LogP contribution in [0, 0.1) is 0 Å². The summed E-state index contributed by atoms with van der Waals surface area (Å²) in [6.45, 7) is 2.92. The lowest BCUT2D eigenvalue weighted by Crippen LogP contribution is -2.65. The first kappa shape index (κ1) is 76.1. The fourth-order valence-corrected chi connectivity index (χ4v) is 12.0. The fourth-order valence-electron chi connectivity index (χ4n) is 12.0. The maximum Gasteiger partial charge on any atom is 0.220 e. The fraction of sp³-hybridized carbons (Fsp3) is 0.985. The molecule has 12 unspecified atom stereocenters. The molecule has 1 amide bonds. The Hall–Kier alpha value is -1.01. The molecule has 2 aliphatic rings. The number of rotatable bonds is 58. The Morgan fingerprint density at radius 2 is 0.704 bits per heavy atom. The molecule has 482 valence electrons. The van der Waals surface area contributed by atoms with Crippen LogP contribution in [0.25, 0.3) is 0 Å². The van der Waals surface area contributed by atoms with E-state index >= 15 is 0 Å². The van der Waals surface area contributed by atoms with E-state index in [0.29, 0.717) is 12.8 Å². The second kappa shape index (κ2) is 53.2. The van der Waals surface area contributed by atoms with E-state index in [1.54, 1.807) is 0 Å². The van der Waals surface area contributed by atoms with Crippen molar-refractivity contribution in [3.63, 3.8) is 0 Å². The first-order chi connectivity index (χ1) is 39.6. The molecule has 0 aliphatic carbocycles. The Labute approximate surface area is 495 Å². The first-order valence-corrected chi connectivity index (χ1v) is 34.8. The SMILES string of the molecule is CCCCCCCCCCCCCCCCCCCCCCCCCCCCCCC(=O)NC(COC1OC(CO)C(OC2OC(CO)C(O)C(O)C2O)C(O)C1O)C(O)CCCCCCCCCCCCCCCCCCCCC. The monoisotopic (exact) mass is 1160 g/mol. The quantitative estimate of drug-likeness (QED) is 0.0259. The highest BCUT2D eigenvalue weighted by Crippen LogP contribution is 2.30. The van der Waals surface area contributed by atoms with Crippen molar-refractivity contribution in [1.29, 1.82) is 0 Å². The molecule has 2 fully saturated rings. The molecular formula is C67H131NO13. The highest BCUT2D eigenvalue weighted by Gasteiger charge is 2.51. The standard InChI is InChI=1S/C67H131NO13/c1-3-5-7-9-11-13-15-17-19-21-23-24-25-26-27-28-29-30-31-33-35-37-39-41-43-45-47-49-51-59(72)68-55(56(71)50-48-46-44-42-40-38-36-34-32-22-20-18-16-14-12-10-8-6-4-2)54-78-66-64(77)62(75)65(58(53-70)80-66)81-67-63(76)61(74)60(73)57(52-69)79-67/h55-58,60-67,69-71,73-77H,3-54H2,1-2H3,(H,68,72). The lowest BCUT2D eigenvalue weighted by atomic mass is 9.97. The Kier molecular flexibility index (Phi) is 50.0. The number of ether oxygens (including phenoxy) is 4. The van der Waals surface area contributed by atoms with Gasteiger partial charge in [0.1, 0.15) is 48.8 Å². The van der Waals surface area contributed by atoms with Gasteiger partial charge in [0.2, 0.25) is 5.91 Å². The van der Waals surface area contributed by atoms with Crippen molar-refractivity contribution < 1.29 is 64.6 Å². The summed E-state index contributed by atoms with van der Waals surface area (Å²) in [4.78, 5) is 13.3. The van der Waals surface area contributed by atoms with Gasteiger partial charge in [0.25, 0.3) is 0 Å². The second-order valence-electron chi connectivity index (χ2n) is 25.0. The predicted octanol–water partition coefficient (Wildman–Crippen LogP) is 13.6. The van der Waals surface area contributed by atoms with Gasteiger partial charge in [-0.2, -0.15) is 0 Å². The van der Waals surface area contributed by atoms with Gasteiger partial charge < -0.3 is 65.1 Å². The van der Waals surface area contributed by atoms with E-state index in [1.165, 1.54) is 250 Å². The van der Waals surface area contributed by atoms with E-state index in [1.807, 2.05) is 0 Å². The zero-order valence-corrected chi connectivity index (χ0v) is 52.3. The molecule has 0 aromatic carbocycles. The van der Waals surface area contributed by atoms with E-state index in [4.69, 9.17) is 18.9 Å². The highest BCUT2D eigenvalue weighted by molar-refractivity contribution is 5.76. The lowest BCUT2D eigenvalue weighted by Gasteiger charge is -2.46. The number of hydrogen-bond acceptors (Lipinski definition) is 13. The minimum Gasteiger partial charge on any atom is -0.394 e. The predicted molar refractivity (Wildman–Crippen MR) is 328 cm³/mol. The molecule has 0 aromatic rings. The number of aliphatic hydroxyl groups is 8. The van der Waals surface area contributed by atoms with Gasteiger partial charge in [0.15, 0.2) is 12.6 Å². The third-order valence-corrected chi connectivity index (χ3v) is 17.6. The summed E-state index contributed by atoms with van der Waals surface area (Å²) < 4.78 is 22.9. The van der Waals surface area contributed by atoms with Crippen molar-refractivity contribution in [3.8, 4) is 0 Å². The molecular weight excluding hydrogens is 1030 g/mol. The summed E-state index contributed by atoms with van der Waals surface area (Å²) in [7, 11) is 0. The van der Waals surface area contributed by atoms with Gasteiger partial charge in [0.05, 0.1) is 32.0 Å². The third kappa shape index (κ3) is 38.0. The molecule has 81 heavy (non-hydrogen) atoms. The van der Waals surface area contributed by atoms with E-state index in [2.05, 4.69) is 19.2 Å². The summed E-state index contributed by atoms with van der Waals surface area (Å²) in [5.41, 5.74) is 0. The van der Waals surface area contributed by atoms with Crippen molar-refractivity contribution in [1.82, 2.24) is 5.32 Å². The second-order valence-corrected chi connectivity index (χ2v) is 25.0. The van der Waals surface area contributed by atoms with Crippen molar-refractivity contribution in [3.05, 3.63) is 0 Å². The minimum atomic E-state index is -1.78. The van der Waals surface area contributed by atoms with Crippen molar-refractivity contribution >= 4 is 5.91 Å². The zero-order valence-electron chi connectivity index (χ0n) is 52.3. The van der Waals surface area contributed by atoms with Crippen molar-refractivity contribution in [2.75, 3.05) is 19.8 Å². The number of aliphatic hydroxyl groups excluding tert-OH is 8. The highest BCUT2D eigenvalue weighted by atomic mass is 16.7. The molecule has 12 atom stereocenters. The van der Waals surface area contributed by atoms with Gasteiger partial charge >= 0.3 is 0 Å². The van der Waals surface area contributed by atoms with Gasteiger partial charge in [-0.15, -0.1) is 0 Å². The van der Waals surface area contributed by atoms with Crippen LogP contribution in [0.3, 0.4) is 0 Å². The van der Waals surface area contributed by atoms with Gasteiger partial charge in [-0.25, -0.2) is 0 Å². The molecule has 2 rings (SSSR count). The van der Waals surface area contributed by atoms with Crippen LogP contribution in [-0.2, 0) is 23.7 Å². The molecule has 0 spiro atoms. The maximum absolute atomic E-state index is 13.3. The minimum absolute atomic E-state index is 0.197. The number of carbonyl (C=O) groups excluding carboxylic acids is 1. The molecule has 2 heterocycles. The maximum atomic E-state index is 13.3. The Balaban J connectivity index is 1.65. The van der Waals surface area contributed by atoms with Crippen LogP contribution in [0.2, 0.25) is 0 Å². The van der Waals surface area contributed by atoms with E-state index in [-0.39, 0.29) is 12.5 Å². The largest absolute Gasteiger partial charge is 0.394 e. The van der Waals surface area contributed by atoms with Crippen LogP contribution in [-0.4, -0.2) is 140 Å². The molecule has 2 saturated heterocycles. The molecule has 0 saturated carbocycles. The van der Waals surface area contributed by atoms with Crippen LogP contribution in [0.4, 0.5) is 0 Å². The number of nitrogens with one attached hydrogen (secondary N) is 1. The number of carbonyl (C=O) groups is 1. The molecule has 0 bridgehead atoms. The summed E-state index contributed by atoms with van der Waals surface area (Å²) in [6.07, 6.45) is 45.5. The van der Waals surface area contributed by atoms with Crippen molar-refractivity contribution in [2.45, 2.75) is 402 Å². The molecule has 14 heteroatoms. The van der Waals surface area contributed by atoms with E-state index in [0.717, 1.165) is 51.4 Å². The summed E-state index contributed by atoms with van der Waals surface area (Å²) in [6, 6.07) is -0.824. The van der Waals surface area contributed by atoms with Crippen molar-refractivity contribution in [2.24, 2.45) is 0 Å². The Morgan fingerprint density at radius 3 is 1.05 bits per heavy atom. The average Bonchev–Trinajstić information content (AvgIpc) is 3.63. The summed E-state index contributed by atoms with van der Waals surface area (Å²) in [5, 5.41) is 87.5. The third-order valence-electron chi connectivity index (χ3n) is 17.6. The summed E-state index contributed by atoms with van der Waals surface area (Å²) >= 11 is 0. The normalized spacial score (nSPS) is 24.0.